The zero-order valence-electron chi connectivity index (χ0n) is 19.6. The van der Waals surface area contributed by atoms with Gasteiger partial charge in [0.1, 0.15) is 11.7 Å². The topological polar surface area (TPSA) is 149 Å². The number of nitrogens with zero attached hydrogens (tertiary/aromatic N) is 2. The van der Waals surface area contributed by atoms with Crippen LogP contribution in [0.15, 0.2) is 48.9 Å². The number of hydrogen-bond donors (Lipinski definition) is 3. The molecular formula is C23H28BN5O6. The summed E-state index contributed by atoms with van der Waals surface area (Å²) in [7, 11) is -1.29. The summed E-state index contributed by atoms with van der Waals surface area (Å²) in [5.74, 6) is -3.05. The molecule has 1 aliphatic heterocycles. The second-order valence-electron chi connectivity index (χ2n) is 8.50. The minimum absolute atomic E-state index is 0.0625. The molecule has 0 spiro atoms. The first-order valence-electron chi connectivity index (χ1n) is 11.3. The van der Waals surface area contributed by atoms with E-state index in [0.29, 0.717) is 6.42 Å². The van der Waals surface area contributed by atoms with Gasteiger partial charge in [0.15, 0.2) is 0 Å². The molecule has 2 amide bonds. The minimum atomic E-state index is -1.29. The van der Waals surface area contributed by atoms with Gasteiger partial charge in [0.2, 0.25) is 5.91 Å². The maximum Gasteiger partial charge on any atom is 0.622 e. The first kappa shape index (κ1) is 25.8. The third kappa shape index (κ3) is 8.18. The number of rotatable bonds is 9. The van der Waals surface area contributed by atoms with Crippen LogP contribution in [-0.2, 0) is 30.1 Å². The summed E-state index contributed by atoms with van der Waals surface area (Å²) in [4.78, 5) is 58.1. The van der Waals surface area contributed by atoms with Gasteiger partial charge in [0, 0.05) is 18.8 Å². The molecule has 184 valence electrons. The predicted octanol–water partition coefficient (Wildman–Crippen LogP) is 0.0656. The Morgan fingerprint density at radius 1 is 1.06 bits per heavy atom. The number of hydrogen-bond acceptors (Lipinski definition) is 9. The van der Waals surface area contributed by atoms with Crippen LogP contribution in [0.1, 0.15) is 36.3 Å². The van der Waals surface area contributed by atoms with E-state index in [1.165, 1.54) is 18.6 Å². The Labute approximate surface area is 203 Å². The molecule has 1 fully saturated rings. The van der Waals surface area contributed by atoms with E-state index in [2.05, 4.69) is 25.9 Å². The second-order valence-corrected chi connectivity index (χ2v) is 8.50. The van der Waals surface area contributed by atoms with E-state index in [9.17, 15) is 19.2 Å². The molecule has 1 aromatic heterocycles. The fourth-order valence-corrected chi connectivity index (χ4v) is 3.53. The first-order chi connectivity index (χ1) is 16.8. The van der Waals surface area contributed by atoms with E-state index < -0.39 is 42.9 Å². The standard InChI is InChI=1S/C23H28BN5O6/c1-15(2)10-19(24-34-20(30)13-26-14-21(31)35-24)29-22(32)17(11-16-6-4-3-5-7-16)28-23(33)18-12-25-8-9-27-18/h3-9,12,15,17,19,26H,10-11,13-14H2,1-2H3,(H,28,33)(H,29,32)/t17-,19-/m0/s1. The van der Waals surface area contributed by atoms with Crippen LogP contribution in [0.3, 0.4) is 0 Å². The average molecular weight is 481 g/mol. The molecule has 35 heavy (non-hydrogen) atoms. The highest BCUT2D eigenvalue weighted by Gasteiger charge is 2.41. The summed E-state index contributed by atoms with van der Waals surface area (Å²) in [6, 6.07) is 8.21. The number of carbonyl (C=O) groups excluding carboxylic acids is 4. The molecule has 1 aliphatic rings. The second kappa shape index (κ2) is 12.6. The first-order valence-corrected chi connectivity index (χ1v) is 11.3. The van der Waals surface area contributed by atoms with Crippen LogP contribution in [-0.4, -0.2) is 65.9 Å². The van der Waals surface area contributed by atoms with Crippen LogP contribution < -0.4 is 16.0 Å². The van der Waals surface area contributed by atoms with Gasteiger partial charge in [-0.2, -0.15) is 0 Å². The summed E-state index contributed by atoms with van der Waals surface area (Å²) in [5.41, 5.74) is 0.884. The van der Waals surface area contributed by atoms with Crippen molar-refractivity contribution in [1.29, 1.82) is 0 Å². The van der Waals surface area contributed by atoms with Crippen molar-refractivity contribution in [3.05, 3.63) is 60.2 Å². The fourth-order valence-electron chi connectivity index (χ4n) is 3.53. The Balaban J connectivity index is 1.81. The Morgan fingerprint density at radius 3 is 2.34 bits per heavy atom. The third-order valence-electron chi connectivity index (χ3n) is 5.12. The van der Waals surface area contributed by atoms with Crippen molar-refractivity contribution >= 4 is 30.9 Å². The molecule has 0 radical (unpaired) electrons. The van der Waals surface area contributed by atoms with Gasteiger partial charge in [-0.1, -0.05) is 44.2 Å². The number of aromatic nitrogens is 2. The molecule has 0 bridgehead atoms. The molecule has 0 aliphatic carbocycles. The van der Waals surface area contributed by atoms with Gasteiger partial charge in [0.25, 0.3) is 5.91 Å². The van der Waals surface area contributed by atoms with Gasteiger partial charge in [-0.05, 0) is 17.9 Å². The summed E-state index contributed by atoms with van der Waals surface area (Å²) < 4.78 is 10.6. The quantitative estimate of drug-likeness (QED) is 0.423. The third-order valence-corrected chi connectivity index (χ3v) is 5.12. The molecule has 2 atom stereocenters. The Bertz CT molecular complexity index is 1010. The van der Waals surface area contributed by atoms with Crippen molar-refractivity contribution in [2.45, 2.75) is 38.7 Å². The van der Waals surface area contributed by atoms with Crippen LogP contribution in [0.4, 0.5) is 0 Å². The van der Waals surface area contributed by atoms with Crippen LogP contribution in [0.25, 0.3) is 0 Å². The van der Waals surface area contributed by atoms with E-state index in [-0.39, 0.29) is 31.1 Å². The number of carbonyl (C=O) groups is 4. The maximum absolute atomic E-state index is 13.4. The molecule has 1 saturated heterocycles. The predicted molar refractivity (Wildman–Crippen MR) is 126 cm³/mol. The highest BCUT2D eigenvalue weighted by molar-refractivity contribution is 6.51. The minimum Gasteiger partial charge on any atom is -0.497 e. The number of amides is 2. The van der Waals surface area contributed by atoms with Crippen molar-refractivity contribution in [2.24, 2.45) is 5.92 Å². The molecule has 2 heterocycles. The average Bonchev–Trinajstić information content (AvgIpc) is 2.82. The zero-order chi connectivity index (χ0) is 25.2. The molecule has 12 heteroatoms. The normalized spacial score (nSPS) is 15.8. The van der Waals surface area contributed by atoms with Crippen LogP contribution in [0.2, 0.25) is 0 Å². The number of benzene rings is 1. The van der Waals surface area contributed by atoms with E-state index in [1.54, 1.807) is 0 Å². The lowest BCUT2D eigenvalue weighted by atomic mass is 9.73. The van der Waals surface area contributed by atoms with Gasteiger partial charge in [-0.15, -0.1) is 0 Å². The van der Waals surface area contributed by atoms with Crippen molar-refractivity contribution in [3.8, 4) is 0 Å². The van der Waals surface area contributed by atoms with E-state index in [1.807, 2.05) is 44.2 Å². The summed E-state index contributed by atoms with van der Waals surface area (Å²) >= 11 is 0. The molecule has 3 N–H and O–H groups in total. The summed E-state index contributed by atoms with van der Waals surface area (Å²) in [5, 5.41) is 8.14. The van der Waals surface area contributed by atoms with Crippen LogP contribution in [0.5, 0.6) is 0 Å². The number of nitrogens with one attached hydrogen (secondary N) is 3. The Hall–Kier alpha value is -3.80. The van der Waals surface area contributed by atoms with Crippen molar-refractivity contribution in [1.82, 2.24) is 25.9 Å². The van der Waals surface area contributed by atoms with E-state index >= 15 is 0 Å². The molecule has 0 unspecified atom stereocenters. The lowest BCUT2D eigenvalue weighted by molar-refractivity contribution is -0.142. The molecule has 3 rings (SSSR count). The van der Waals surface area contributed by atoms with Crippen molar-refractivity contribution in [2.75, 3.05) is 13.1 Å². The van der Waals surface area contributed by atoms with Gasteiger partial charge in [-0.25, -0.2) is 4.98 Å². The molecule has 1 aromatic carbocycles. The van der Waals surface area contributed by atoms with Gasteiger partial charge in [-0.3, -0.25) is 29.5 Å². The molecular weight excluding hydrogens is 453 g/mol. The highest BCUT2D eigenvalue weighted by Crippen LogP contribution is 2.13. The Morgan fingerprint density at radius 2 is 1.74 bits per heavy atom. The lowest BCUT2D eigenvalue weighted by Crippen LogP contribution is -2.58. The summed E-state index contributed by atoms with van der Waals surface area (Å²) in [6.45, 7) is 3.53. The monoisotopic (exact) mass is 481 g/mol. The molecule has 0 saturated carbocycles. The SMILES string of the molecule is CC(C)C[C@H](NC(=O)[C@H](Cc1ccccc1)NC(=O)c1cnccn1)B1OC(=O)CNCC(=O)O1. The molecule has 2 aromatic rings. The van der Waals surface area contributed by atoms with E-state index in [0.717, 1.165) is 5.56 Å². The maximum atomic E-state index is 13.4. The van der Waals surface area contributed by atoms with Crippen LogP contribution in [0, 0.1) is 5.92 Å². The van der Waals surface area contributed by atoms with Crippen molar-refractivity contribution < 1.29 is 28.5 Å². The fraction of sp³-hybridized carbons (Fsp3) is 0.391. The summed E-state index contributed by atoms with van der Waals surface area (Å²) in [6.07, 6.45) is 4.68. The molecule has 11 nitrogen and oxygen atoms in total. The van der Waals surface area contributed by atoms with E-state index in [4.69, 9.17) is 9.31 Å². The van der Waals surface area contributed by atoms with Gasteiger partial charge < -0.3 is 19.9 Å². The van der Waals surface area contributed by atoms with Gasteiger partial charge in [0.05, 0.1) is 25.2 Å². The Kier molecular flexibility index (Phi) is 9.30. The van der Waals surface area contributed by atoms with Crippen LogP contribution >= 0.6 is 0 Å². The largest absolute Gasteiger partial charge is 0.622 e. The highest BCUT2D eigenvalue weighted by atomic mass is 16.6. The zero-order valence-corrected chi connectivity index (χ0v) is 19.6. The lowest BCUT2D eigenvalue weighted by Gasteiger charge is -2.28. The van der Waals surface area contributed by atoms with Gasteiger partial charge >= 0.3 is 19.1 Å². The smallest absolute Gasteiger partial charge is 0.497 e. The van der Waals surface area contributed by atoms with Crippen molar-refractivity contribution in [3.63, 3.8) is 0 Å².